The zero-order valence-electron chi connectivity index (χ0n) is 17.4. The summed E-state index contributed by atoms with van der Waals surface area (Å²) in [6, 6.07) is 5.23. The van der Waals surface area contributed by atoms with E-state index in [1.807, 2.05) is 0 Å². The van der Waals surface area contributed by atoms with Crippen LogP contribution in [-0.2, 0) is 19.1 Å². The molecular formula is C20H25N3O7. The third-order valence-corrected chi connectivity index (χ3v) is 3.89. The van der Waals surface area contributed by atoms with Gasteiger partial charge >= 0.3 is 18.0 Å². The summed E-state index contributed by atoms with van der Waals surface area (Å²) < 4.78 is 9.97. The lowest BCUT2D eigenvalue weighted by Gasteiger charge is -2.30. The highest BCUT2D eigenvalue weighted by atomic mass is 16.6. The monoisotopic (exact) mass is 419 g/mol. The van der Waals surface area contributed by atoms with Crippen LogP contribution in [0.4, 0.5) is 4.79 Å². The van der Waals surface area contributed by atoms with E-state index >= 15 is 0 Å². The van der Waals surface area contributed by atoms with E-state index in [-0.39, 0.29) is 30.7 Å². The molecule has 0 aliphatic carbocycles. The Kier molecular flexibility index (Phi) is 7.14. The number of esters is 2. The molecule has 10 nitrogen and oxygen atoms in total. The molecule has 1 aliphatic rings. The van der Waals surface area contributed by atoms with Crippen molar-refractivity contribution in [2.24, 2.45) is 0 Å². The van der Waals surface area contributed by atoms with Crippen LogP contribution in [0.15, 0.2) is 24.3 Å². The van der Waals surface area contributed by atoms with Crippen LogP contribution in [-0.4, -0.2) is 65.1 Å². The van der Waals surface area contributed by atoms with Gasteiger partial charge in [-0.15, -0.1) is 0 Å². The van der Waals surface area contributed by atoms with Crippen LogP contribution >= 0.6 is 0 Å². The van der Waals surface area contributed by atoms with Crippen LogP contribution in [0.5, 0.6) is 0 Å². The third kappa shape index (κ3) is 5.56. The number of fused-ring (bicyclic) bond motifs is 1. The van der Waals surface area contributed by atoms with Crippen molar-refractivity contribution in [1.29, 1.82) is 0 Å². The summed E-state index contributed by atoms with van der Waals surface area (Å²) >= 11 is 0. The van der Waals surface area contributed by atoms with Gasteiger partial charge in [0.25, 0.3) is 11.8 Å². The van der Waals surface area contributed by atoms with E-state index in [2.05, 4.69) is 5.32 Å². The predicted octanol–water partition coefficient (Wildman–Crippen LogP) is 1.50. The molecule has 2 rings (SSSR count). The van der Waals surface area contributed by atoms with Gasteiger partial charge in [-0.25, -0.2) is 9.80 Å². The Hall–Kier alpha value is -3.43. The number of rotatable bonds is 7. The van der Waals surface area contributed by atoms with Gasteiger partial charge in [-0.05, 0) is 39.8 Å². The minimum atomic E-state index is -0.902. The molecule has 30 heavy (non-hydrogen) atoms. The van der Waals surface area contributed by atoms with Crippen molar-refractivity contribution >= 4 is 29.8 Å². The number of nitrogens with zero attached hydrogens (tertiary/aromatic N) is 2. The normalized spacial score (nSPS) is 13.0. The maximum Gasteiger partial charge on any atom is 0.337 e. The molecule has 0 saturated heterocycles. The van der Waals surface area contributed by atoms with Crippen molar-refractivity contribution in [1.82, 2.24) is 15.3 Å². The van der Waals surface area contributed by atoms with Gasteiger partial charge in [0.1, 0.15) is 12.1 Å². The van der Waals surface area contributed by atoms with Crippen molar-refractivity contribution < 1.29 is 33.4 Å². The highest BCUT2D eigenvalue weighted by Crippen LogP contribution is 2.24. The Labute approximate surface area is 174 Å². The smallest absolute Gasteiger partial charge is 0.337 e. The number of hydrazine groups is 1. The number of nitrogens with one attached hydrogen (secondary N) is 1. The molecule has 0 spiro atoms. The van der Waals surface area contributed by atoms with E-state index in [9.17, 15) is 24.0 Å². The number of benzene rings is 1. The average Bonchev–Trinajstić information content (AvgIpc) is 2.91. The average molecular weight is 419 g/mol. The molecule has 0 aromatic heterocycles. The number of urea groups is 1. The molecule has 0 saturated carbocycles. The number of hydrogen-bond acceptors (Lipinski definition) is 7. The van der Waals surface area contributed by atoms with Gasteiger partial charge in [0.2, 0.25) is 0 Å². The second-order valence-electron chi connectivity index (χ2n) is 7.39. The summed E-state index contributed by atoms with van der Waals surface area (Å²) in [6.45, 7) is 6.06. The number of carbonyl (C=O) groups excluding carboxylic acids is 5. The summed E-state index contributed by atoms with van der Waals surface area (Å²) in [5.41, 5.74) is -0.449. The fraction of sp³-hybridized carbons (Fsp3) is 0.450. The molecule has 0 atom stereocenters. The number of imide groups is 1. The lowest BCUT2D eigenvalue weighted by Crippen LogP contribution is -2.54. The van der Waals surface area contributed by atoms with Gasteiger partial charge in [-0.1, -0.05) is 12.1 Å². The summed E-state index contributed by atoms with van der Waals surface area (Å²) in [7, 11) is 0. The molecule has 1 N–H and O–H groups in total. The fourth-order valence-electron chi connectivity index (χ4n) is 2.73. The van der Waals surface area contributed by atoms with Gasteiger partial charge in [-0.2, -0.15) is 5.01 Å². The minimum absolute atomic E-state index is 0.134. The van der Waals surface area contributed by atoms with E-state index in [0.717, 1.165) is 5.01 Å². The molecular weight excluding hydrogens is 394 g/mol. The molecule has 10 heteroatoms. The molecule has 0 radical (unpaired) electrons. The SMILES string of the molecule is CCOC(=O)CNC(=O)N(CCC(=O)OC(C)(C)C)N1C(=O)c2ccccc2C1=O. The quantitative estimate of drug-likeness (QED) is 0.525. The maximum absolute atomic E-state index is 12.7. The number of hydrogen-bond donors (Lipinski definition) is 1. The number of amides is 4. The summed E-state index contributed by atoms with van der Waals surface area (Å²) in [5.74, 6) is -2.69. The lowest BCUT2D eigenvalue weighted by molar-refractivity contribution is -0.155. The molecule has 1 aliphatic heterocycles. The third-order valence-electron chi connectivity index (χ3n) is 3.89. The highest BCUT2D eigenvalue weighted by Gasteiger charge is 2.41. The van der Waals surface area contributed by atoms with E-state index in [1.54, 1.807) is 39.8 Å². The van der Waals surface area contributed by atoms with E-state index < -0.39 is 41.9 Å². The molecule has 1 aromatic carbocycles. The predicted molar refractivity (Wildman–Crippen MR) is 104 cm³/mol. The zero-order valence-corrected chi connectivity index (χ0v) is 17.4. The number of carbonyl (C=O) groups is 5. The van der Waals surface area contributed by atoms with Crippen molar-refractivity contribution in [3.63, 3.8) is 0 Å². The molecule has 0 bridgehead atoms. The van der Waals surface area contributed by atoms with Crippen molar-refractivity contribution in [3.8, 4) is 0 Å². The Balaban J connectivity index is 2.20. The molecule has 0 fully saturated rings. The standard InChI is InChI=1S/C20H25N3O7/c1-5-29-16(25)12-21-19(28)22(11-10-15(24)30-20(2,3)4)23-17(26)13-8-6-7-9-14(13)18(23)27/h6-9H,5,10-12H2,1-4H3,(H,21,28). The van der Waals surface area contributed by atoms with Crippen molar-refractivity contribution in [3.05, 3.63) is 35.4 Å². The Morgan fingerprint density at radius 1 is 1.03 bits per heavy atom. The van der Waals surface area contributed by atoms with Crippen molar-refractivity contribution in [2.75, 3.05) is 19.7 Å². The first-order valence-corrected chi connectivity index (χ1v) is 9.45. The van der Waals surface area contributed by atoms with Gasteiger partial charge in [0.15, 0.2) is 0 Å². The Morgan fingerprint density at radius 3 is 2.10 bits per heavy atom. The molecule has 1 aromatic rings. The van der Waals surface area contributed by atoms with Gasteiger partial charge < -0.3 is 14.8 Å². The van der Waals surface area contributed by atoms with Crippen molar-refractivity contribution in [2.45, 2.75) is 39.7 Å². The summed E-state index contributed by atoms with van der Waals surface area (Å²) in [5, 5.41) is 3.76. The van der Waals surface area contributed by atoms with Gasteiger partial charge in [0.05, 0.1) is 30.7 Å². The largest absolute Gasteiger partial charge is 0.465 e. The van der Waals surface area contributed by atoms with Crippen LogP contribution in [0.2, 0.25) is 0 Å². The zero-order chi connectivity index (χ0) is 22.5. The first kappa shape index (κ1) is 22.9. The maximum atomic E-state index is 12.7. The number of ether oxygens (including phenoxy) is 2. The van der Waals surface area contributed by atoms with Gasteiger partial charge in [-0.3, -0.25) is 19.2 Å². The van der Waals surface area contributed by atoms with Crippen LogP contribution in [0.25, 0.3) is 0 Å². The Bertz CT molecular complexity index is 825. The highest BCUT2D eigenvalue weighted by molar-refractivity contribution is 6.21. The second-order valence-corrected chi connectivity index (χ2v) is 7.39. The lowest BCUT2D eigenvalue weighted by atomic mass is 10.1. The van der Waals surface area contributed by atoms with Crippen LogP contribution in [0, 0.1) is 0 Å². The Morgan fingerprint density at radius 2 is 1.60 bits per heavy atom. The minimum Gasteiger partial charge on any atom is -0.465 e. The van der Waals surface area contributed by atoms with E-state index in [1.165, 1.54) is 12.1 Å². The summed E-state index contributed by atoms with van der Waals surface area (Å²) in [6.07, 6.45) is -0.266. The molecule has 0 unspecified atom stereocenters. The first-order chi connectivity index (χ1) is 14.0. The van der Waals surface area contributed by atoms with Crippen LogP contribution in [0.1, 0.15) is 54.8 Å². The van der Waals surface area contributed by atoms with Crippen LogP contribution in [0.3, 0.4) is 0 Å². The first-order valence-electron chi connectivity index (χ1n) is 9.45. The topological polar surface area (TPSA) is 122 Å². The molecule has 162 valence electrons. The molecule has 4 amide bonds. The van der Waals surface area contributed by atoms with E-state index in [4.69, 9.17) is 9.47 Å². The molecule has 1 heterocycles. The van der Waals surface area contributed by atoms with E-state index in [0.29, 0.717) is 5.01 Å². The van der Waals surface area contributed by atoms with Crippen LogP contribution < -0.4 is 5.32 Å². The second kappa shape index (κ2) is 9.38. The van der Waals surface area contributed by atoms with Gasteiger partial charge in [0, 0.05) is 0 Å². The summed E-state index contributed by atoms with van der Waals surface area (Å²) in [4.78, 5) is 61.8. The fourth-order valence-corrected chi connectivity index (χ4v) is 2.73.